The van der Waals surface area contributed by atoms with Crippen molar-refractivity contribution in [1.29, 1.82) is 0 Å². The molecule has 4 amide bonds. The summed E-state index contributed by atoms with van der Waals surface area (Å²) in [5.41, 5.74) is -0.165. The van der Waals surface area contributed by atoms with E-state index in [0.717, 1.165) is 44.1 Å². The van der Waals surface area contributed by atoms with Crippen LogP contribution < -0.4 is 10.6 Å². The van der Waals surface area contributed by atoms with E-state index in [1.165, 1.54) is 146 Å². The Labute approximate surface area is 383 Å². The number of hydrogen-bond donors (Lipinski definition) is 3. The quantitative estimate of drug-likeness (QED) is 0.0382. The van der Waals surface area contributed by atoms with Gasteiger partial charge in [-0.3, -0.25) is 14.5 Å². The first-order chi connectivity index (χ1) is 29.2. The number of amides is 4. The fraction of sp³-hybridized carbons (Fsp3) is 0.796. The van der Waals surface area contributed by atoms with Crippen molar-refractivity contribution in [1.82, 2.24) is 30.2 Å². The van der Waals surface area contributed by atoms with Gasteiger partial charge >= 0.3 is 12.0 Å². The second kappa shape index (κ2) is 40.2. The standard InChI is InChI=1S/C16H33N3O3.C14H16BrNO2.C11H25N.C8H19N/c1-6-7-8-9-10-11-18(4)12-13-19(5)15(22)17-16(2,3)14(20)21;15-9-5-1-2-6-10-16-13(17)11-7-3-4-8-12(11)14(16)18;1-4-6-7-8-9-11-12(3)10-5-2;1-3-4-5-6-7-8-9-2/h6-13H2,1-5H3,(H,17,22)(H,20,21);3-4,7-8H,1-2,5-6,9-10H2;4-11H2,1-3H3;9H,3-8H2,1-2H3. The van der Waals surface area contributed by atoms with E-state index in [0.29, 0.717) is 24.2 Å². The molecule has 0 bridgehead atoms. The number of urea groups is 1. The predicted molar refractivity (Wildman–Crippen MR) is 262 cm³/mol. The molecule has 1 aliphatic rings. The maximum atomic E-state index is 12.0. The van der Waals surface area contributed by atoms with Gasteiger partial charge in [0, 0.05) is 32.0 Å². The summed E-state index contributed by atoms with van der Waals surface area (Å²) < 4.78 is 0. The number of benzene rings is 1. The topological polar surface area (TPSA) is 126 Å². The molecule has 1 aromatic rings. The monoisotopic (exact) mass is 925 g/mol. The molecule has 3 N–H and O–H groups in total. The molecule has 0 unspecified atom stereocenters. The number of imide groups is 1. The van der Waals surface area contributed by atoms with Crippen molar-refractivity contribution in [2.75, 3.05) is 79.3 Å². The van der Waals surface area contributed by atoms with Crippen molar-refractivity contribution in [3.63, 3.8) is 0 Å². The number of nitrogens with zero attached hydrogens (tertiary/aromatic N) is 4. The highest BCUT2D eigenvalue weighted by molar-refractivity contribution is 9.09. The number of carbonyl (C=O) groups is 4. The lowest BCUT2D eigenvalue weighted by atomic mass is 10.1. The highest BCUT2D eigenvalue weighted by atomic mass is 79.9. The van der Waals surface area contributed by atoms with Gasteiger partial charge in [0.15, 0.2) is 0 Å². The minimum absolute atomic E-state index is 0.143. The van der Waals surface area contributed by atoms with E-state index >= 15 is 0 Å². The Balaban J connectivity index is 0. The van der Waals surface area contributed by atoms with Crippen LogP contribution in [0.4, 0.5) is 4.79 Å². The molecule has 0 saturated heterocycles. The summed E-state index contributed by atoms with van der Waals surface area (Å²) in [6, 6.07) is 6.68. The summed E-state index contributed by atoms with van der Waals surface area (Å²) in [4.78, 5) is 54.5. The zero-order valence-electron chi connectivity index (χ0n) is 40.9. The van der Waals surface area contributed by atoms with Crippen LogP contribution in [0.15, 0.2) is 24.3 Å². The first-order valence-corrected chi connectivity index (χ1v) is 25.1. The molecule has 11 nitrogen and oxygen atoms in total. The van der Waals surface area contributed by atoms with E-state index in [2.05, 4.69) is 71.1 Å². The molecule has 2 rings (SSSR count). The number of alkyl halides is 1. The van der Waals surface area contributed by atoms with E-state index < -0.39 is 11.5 Å². The zero-order valence-corrected chi connectivity index (χ0v) is 42.4. The molecule has 0 fully saturated rings. The van der Waals surface area contributed by atoms with Crippen molar-refractivity contribution in [2.24, 2.45) is 0 Å². The number of carboxylic acid groups (broad SMARTS) is 1. The first kappa shape index (κ1) is 60.5. The van der Waals surface area contributed by atoms with Gasteiger partial charge < -0.3 is 30.4 Å². The minimum atomic E-state index is -1.25. The number of unbranched alkanes of at least 4 members (excludes halogenated alkanes) is 15. The van der Waals surface area contributed by atoms with Crippen LogP contribution in [0.1, 0.15) is 191 Å². The fourth-order valence-electron chi connectivity index (χ4n) is 6.48. The van der Waals surface area contributed by atoms with Gasteiger partial charge in [-0.05, 0) is 112 Å². The molecule has 0 aliphatic carbocycles. The Kier molecular flexibility index (Phi) is 40.0. The average molecular weight is 926 g/mol. The molecule has 356 valence electrons. The van der Waals surface area contributed by atoms with Crippen LogP contribution in [0.25, 0.3) is 0 Å². The van der Waals surface area contributed by atoms with Gasteiger partial charge in [0.05, 0.1) is 11.1 Å². The van der Waals surface area contributed by atoms with E-state index in [4.69, 9.17) is 5.11 Å². The Morgan fingerprint density at radius 2 is 1.07 bits per heavy atom. The van der Waals surface area contributed by atoms with Crippen molar-refractivity contribution in [2.45, 2.75) is 175 Å². The molecule has 1 aromatic carbocycles. The van der Waals surface area contributed by atoms with Gasteiger partial charge in [-0.15, -0.1) is 0 Å². The van der Waals surface area contributed by atoms with Crippen molar-refractivity contribution < 1.29 is 24.3 Å². The number of hydrogen-bond acceptors (Lipinski definition) is 7. The van der Waals surface area contributed by atoms with E-state index in [9.17, 15) is 19.2 Å². The fourth-order valence-corrected chi connectivity index (χ4v) is 6.88. The number of carboxylic acids is 1. The lowest BCUT2D eigenvalue weighted by Crippen LogP contribution is -2.54. The van der Waals surface area contributed by atoms with Crippen molar-refractivity contribution in [3.8, 4) is 0 Å². The third-order valence-electron chi connectivity index (χ3n) is 10.7. The Morgan fingerprint density at radius 1 is 0.623 bits per heavy atom. The SMILES string of the molecule is CCCCCCCN(C)CCC.CCCCCCCN(C)CCN(C)C(=O)NC(C)(C)C(=O)O.CCCCCCCNC.O=C1c2ccccc2C(=O)N1CCCCCCBr. The first-order valence-electron chi connectivity index (χ1n) is 24.0. The molecular formula is C49H93BrN6O5. The average Bonchev–Trinajstić information content (AvgIpc) is 3.48. The molecule has 0 atom stereocenters. The maximum Gasteiger partial charge on any atom is 0.328 e. The Bertz CT molecular complexity index is 1210. The lowest BCUT2D eigenvalue weighted by Gasteiger charge is -2.27. The van der Waals surface area contributed by atoms with Crippen LogP contribution in [0.5, 0.6) is 0 Å². The van der Waals surface area contributed by atoms with Crippen molar-refractivity contribution in [3.05, 3.63) is 35.4 Å². The van der Waals surface area contributed by atoms with Gasteiger partial charge in [0.25, 0.3) is 11.8 Å². The van der Waals surface area contributed by atoms with Gasteiger partial charge in [-0.25, -0.2) is 9.59 Å². The van der Waals surface area contributed by atoms with Crippen LogP contribution in [-0.4, -0.2) is 133 Å². The molecule has 1 heterocycles. The summed E-state index contributed by atoms with van der Waals surface area (Å²) in [5.74, 6) is -1.33. The van der Waals surface area contributed by atoms with E-state index in [1.54, 1.807) is 31.3 Å². The van der Waals surface area contributed by atoms with Crippen LogP contribution >= 0.6 is 15.9 Å². The summed E-state index contributed by atoms with van der Waals surface area (Å²) in [6.07, 6.45) is 25.7. The number of fused-ring (bicyclic) bond motifs is 1. The highest BCUT2D eigenvalue weighted by Gasteiger charge is 2.34. The zero-order chi connectivity index (χ0) is 46.3. The third kappa shape index (κ3) is 31.9. The smallest absolute Gasteiger partial charge is 0.328 e. The molecule has 1 aliphatic heterocycles. The Hall–Kier alpha value is -2.54. The van der Waals surface area contributed by atoms with Crippen LogP contribution in [0.3, 0.4) is 0 Å². The number of nitrogens with one attached hydrogen (secondary N) is 2. The lowest BCUT2D eigenvalue weighted by molar-refractivity contribution is -0.143. The van der Waals surface area contributed by atoms with Crippen LogP contribution in [0.2, 0.25) is 0 Å². The third-order valence-corrected chi connectivity index (χ3v) is 11.2. The number of likely N-dealkylation sites (N-methyl/N-ethyl adjacent to an activating group) is 2. The second-order valence-electron chi connectivity index (χ2n) is 17.1. The molecule has 0 spiro atoms. The molecular weight excluding hydrogens is 832 g/mol. The number of halogens is 1. The minimum Gasteiger partial charge on any atom is -0.480 e. The number of carbonyl (C=O) groups excluding carboxylic acids is 3. The Morgan fingerprint density at radius 3 is 1.51 bits per heavy atom. The molecule has 61 heavy (non-hydrogen) atoms. The van der Waals surface area contributed by atoms with Gasteiger partial charge in [-0.2, -0.15) is 0 Å². The second-order valence-corrected chi connectivity index (χ2v) is 17.9. The summed E-state index contributed by atoms with van der Waals surface area (Å²) in [5, 5.41) is 15.7. The molecule has 0 saturated carbocycles. The van der Waals surface area contributed by atoms with Gasteiger partial charge in [-0.1, -0.05) is 146 Å². The van der Waals surface area contributed by atoms with Crippen LogP contribution in [0, 0.1) is 0 Å². The maximum absolute atomic E-state index is 12.0. The predicted octanol–water partition coefficient (Wildman–Crippen LogP) is 11.1. The largest absolute Gasteiger partial charge is 0.480 e. The molecule has 0 radical (unpaired) electrons. The van der Waals surface area contributed by atoms with E-state index in [1.807, 2.05) is 14.1 Å². The van der Waals surface area contributed by atoms with Crippen molar-refractivity contribution >= 4 is 39.7 Å². The van der Waals surface area contributed by atoms with Gasteiger partial charge in [0.2, 0.25) is 0 Å². The van der Waals surface area contributed by atoms with Gasteiger partial charge in [0.1, 0.15) is 5.54 Å². The number of rotatable bonds is 31. The van der Waals surface area contributed by atoms with Crippen LogP contribution in [-0.2, 0) is 4.79 Å². The van der Waals surface area contributed by atoms with E-state index in [-0.39, 0.29) is 17.8 Å². The normalized spacial score (nSPS) is 12.0. The molecule has 12 heteroatoms. The molecule has 0 aromatic heterocycles. The summed E-state index contributed by atoms with van der Waals surface area (Å²) >= 11 is 3.39. The highest BCUT2D eigenvalue weighted by Crippen LogP contribution is 2.23. The number of aliphatic carboxylic acids is 1. The summed E-state index contributed by atoms with van der Waals surface area (Å²) in [6.45, 7) is 18.6. The summed E-state index contributed by atoms with van der Waals surface area (Å²) in [7, 11) is 7.97.